The minimum Gasteiger partial charge on any atom is -0.376 e. The third-order valence-corrected chi connectivity index (χ3v) is 2.15. The van der Waals surface area contributed by atoms with Crippen LogP contribution in [0.1, 0.15) is 13.8 Å². The Labute approximate surface area is 86.9 Å². The Morgan fingerprint density at radius 3 is 2.23 bits per heavy atom. The predicted molar refractivity (Wildman–Crippen MR) is 61.8 cm³/mol. The molecular weight excluding hydrogens is 182 g/mol. The SMILES string of the molecule is CC.CN(C)CC1CN(C(N)=S)C1. The molecule has 13 heavy (non-hydrogen) atoms. The highest BCUT2D eigenvalue weighted by atomic mass is 32.1. The number of hydrogen-bond donors (Lipinski definition) is 1. The summed E-state index contributed by atoms with van der Waals surface area (Å²) in [6.07, 6.45) is 0. The van der Waals surface area contributed by atoms with Gasteiger partial charge in [0.1, 0.15) is 0 Å². The highest BCUT2D eigenvalue weighted by Crippen LogP contribution is 2.14. The molecule has 0 aromatic heterocycles. The number of nitrogens with two attached hydrogens (primary N) is 1. The summed E-state index contributed by atoms with van der Waals surface area (Å²) in [7, 11) is 4.17. The van der Waals surface area contributed by atoms with Crippen LogP contribution in [0, 0.1) is 5.92 Å². The van der Waals surface area contributed by atoms with E-state index in [1.807, 2.05) is 18.7 Å². The van der Waals surface area contributed by atoms with E-state index in [0.29, 0.717) is 5.11 Å². The molecule has 0 radical (unpaired) electrons. The van der Waals surface area contributed by atoms with Crippen LogP contribution in [0.2, 0.25) is 0 Å². The third-order valence-electron chi connectivity index (χ3n) is 1.89. The smallest absolute Gasteiger partial charge is 0.166 e. The van der Waals surface area contributed by atoms with Crippen LogP contribution < -0.4 is 5.73 Å². The molecule has 0 amide bonds. The molecule has 78 valence electrons. The second kappa shape index (κ2) is 6.16. The minimum absolute atomic E-state index is 0.542. The maximum Gasteiger partial charge on any atom is 0.166 e. The molecule has 0 saturated carbocycles. The van der Waals surface area contributed by atoms with Gasteiger partial charge in [-0.15, -0.1) is 0 Å². The van der Waals surface area contributed by atoms with Crippen molar-refractivity contribution in [1.82, 2.24) is 9.80 Å². The Balaban J connectivity index is 0.000000671. The summed E-state index contributed by atoms with van der Waals surface area (Å²) in [6, 6.07) is 0. The van der Waals surface area contributed by atoms with Gasteiger partial charge in [-0.1, -0.05) is 13.8 Å². The van der Waals surface area contributed by atoms with Gasteiger partial charge in [0.05, 0.1) is 0 Å². The van der Waals surface area contributed by atoms with Gasteiger partial charge < -0.3 is 15.5 Å². The zero-order chi connectivity index (χ0) is 10.4. The van der Waals surface area contributed by atoms with Gasteiger partial charge in [-0.2, -0.15) is 0 Å². The van der Waals surface area contributed by atoms with Crippen molar-refractivity contribution in [1.29, 1.82) is 0 Å². The van der Waals surface area contributed by atoms with Crippen molar-refractivity contribution in [2.75, 3.05) is 33.7 Å². The van der Waals surface area contributed by atoms with E-state index in [2.05, 4.69) is 19.0 Å². The summed E-state index contributed by atoms with van der Waals surface area (Å²) in [6.45, 7) is 7.21. The monoisotopic (exact) mass is 203 g/mol. The number of thiocarbonyl (C=S) groups is 1. The predicted octanol–water partition coefficient (Wildman–Crippen LogP) is 0.750. The summed E-state index contributed by atoms with van der Waals surface area (Å²) < 4.78 is 0. The standard InChI is InChI=1S/C7H15N3S.C2H6/c1-9(2)3-6-4-10(5-6)7(8)11;1-2/h6H,3-5H2,1-2H3,(H2,8,11);1-2H3. The van der Waals surface area contributed by atoms with Crippen molar-refractivity contribution >= 4 is 17.3 Å². The Bertz CT molecular complexity index is 153. The molecule has 4 heteroatoms. The number of rotatable bonds is 2. The molecule has 1 rings (SSSR count). The first-order chi connectivity index (χ1) is 6.09. The largest absolute Gasteiger partial charge is 0.376 e. The quantitative estimate of drug-likeness (QED) is 0.671. The Morgan fingerprint density at radius 2 is 1.92 bits per heavy atom. The molecule has 1 aliphatic rings. The minimum atomic E-state index is 0.542. The molecule has 1 saturated heterocycles. The summed E-state index contributed by atoms with van der Waals surface area (Å²) >= 11 is 4.83. The molecule has 1 heterocycles. The van der Waals surface area contributed by atoms with Crippen LogP contribution >= 0.6 is 12.2 Å². The first kappa shape index (κ1) is 12.7. The highest BCUT2D eigenvalue weighted by Gasteiger charge is 2.27. The lowest BCUT2D eigenvalue weighted by Gasteiger charge is -2.40. The zero-order valence-electron chi connectivity index (χ0n) is 9.08. The van der Waals surface area contributed by atoms with Crippen LogP contribution in [-0.2, 0) is 0 Å². The molecule has 0 aromatic carbocycles. The van der Waals surface area contributed by atoms with Crippen LogP contribution in [0.3, 0.4) is 0 Å². The van der Waals surface area contributed by atoms with Crippen LogP contribution in [0.15, 0.2) is 0 Å². The van der Waals surface area contributed by atoms with Crippen molar-refractivity contribution in [3.05, 3.63) is 0 Å². The maximum atomic E-state index is 5.43. The van der Waals surface area contributed by atoms with Gasteiger partial charge in [-0.05, 0) is 26.3 Å². The molecule has 0 aromatic rings. The molecular formula is C9H21N3S. The fourth-order valence-corrected chi connectivity index (χ4v) is 1.53. The number of likely N-dealkylation sites (tertiary alicyclic amines) is 1. The van der Waals surface area contributed by atoms with E-state index >= 15 is 0 Å². The highest BCUT2D eigenvalue weighted by molar-refractivity contribution is 7.80. The van der Waals surface area contributed by atoms with Gasteiger partial charge in [-0.3, -0.25) is 0 Å². The maximum absolute atomic E-state index is 5.43. The summed E-state index contributed by atoms with van der Waals surface area (Å²) in [4.78, 5) is 4.23. The second-order valence-corrected chi connectivity index (χ2v) is 3.79. The number of nitrogens with zero attached hydrogens (tertiary/aromatic N) is 2. The third kappa shape index (κ3) is 4.43. The van der Waals surface area contributed by atoms with Gasteiger partial charge in [-0.25, -0.2) is 0 Å². The first-order valence-electron chi connectivity index (χ1n) is 4.78. The van der Waals surface area contributed by atoms with Crippen LogP contribution in [0.25, 0.3) is 0 Å². The fourth-order valence-electron chi connectivity index (χ4n) is 1.38. The lowest BCUT2D eigenvalue weighted by molar-refractivity contribution is 0.151. The molecule has 0 unspecified atom stereocenters. The van der Waals surface area contributed by atoms with Crippen molar-refractivity contribution in [2.24, 2.45) is 11.7 Å². The first-order valence-corrected chi connectivity index (χ1v) is 5.19. The Kier molecular flexibility index (Phi) is 5.99. The van der Waals surface area contributed by atoms with E-state index in [-0.39, 0.29) is 0 Å². The van der Waals surface area contributed by atoms with Gasteiger partial charge in [0.2, 0.25) is 0 Å². The second-order valence-electron chi connectivity index (χ2n) is 3.37. The van der Waals surface area contributed by atoms with Gasteiger partial charge in [0.15, 0.2) is 5.11 Å². The van der Waals surface area contributed by atoms with E-state index < -0.39 is 0 Å². The van der Waals surface area contributed by atoms with E-state index in [9.17, 15) is 0 Å². The topological polar surface area (TPSA) is 32.5 Å². The van der Waals surface area contributed by atoms with E-state index in [0.717, 1.165) is 25.6 Å². The molecule has 2 N–H and O–H groups in total. The van der Waals surface area contributed by atoms with Gasteiger partial charge in [0.25, 0.3) is 0 Å². The Morgan fingerprint density at radius 1 is 1.46 bits per heavy atom. The average molecular weight is 203 g/mol. The summed E-state index contributed by atoms with van der Waals surface area (Å²) in [5.74, 6) is 0.756. The van der Waals surface area contributed by atoms with Crippen molar-refractivity contribution < 1.29 is 0 Å². The molecule has 1 aliphatic heterocycles. The molecule has 0 atom stereocenters. The van der Waals surface area contributed by atoms with E-state index in [1.165, 1.54) is 0 Å². The van der Waals surface area contributed by atoms with Crippen molar-refractivity contribution in [3.8, 4) is 0 Å². The summed E-state index contributed by atoms with van der Waals surface area (Å²) in [5, 5.41) is 0.542. The van der Waals surface area contributed by atoms with E-state index in [4.69, 9.17) is 18.0 Å². The van der Waals surface area contributed by atoms with Crippen LogP contribution in [-0.4, -0.2) is 48.6 Å². The zero-order valence-corrected chi connectivity index (χ0v) is 9.90. The average Bonchev–Trinajstić information content (AvgIpc) is 1.99. The molecule has 0 bridgehead atoms. The lowest BCUT2D eigenvalue weighted by atomic mass is 10.0. The van der Waals surface area contributed by atoms with Gasteiger partial charge in [0, 0.05) is 25.6 Å². The van der Waals surface area contributed by atoms with Crippen LogP contribution in [0.4, 0.5) is 0 Å². The molecule has 0 aliphatic carbocycles. The van der Waals surface area contributed by atoms with Crippen LogP contribution in [0.5, 0.6) is 0 Å². The van der Waals surface area contributed by atoms with Crippen molar-refractivity contribution in [3.63, 3.8) is 0 Å². The van der Waals surface area contributed by atoms with Gasteiger partial charge >= 0.3 is 0 Å². The fraction of sp³-hybridized carbons (Fsp3) is 0.889. The molecule has 1 fully saturated rings. The normalized spacial score (nSPS) is 16.2. The number of hydrogen-bond acceptors (Lipinski definition) is 2. The molecule has 3 nitrogen and oxygen atoms in total. The Hall–Kier alpha value is -0.350. The lowest BCUT2D eigenvalue weighted by Crippen LogP contribution is -2.54. The van der Waals surface area contributed by atoms with Crippen molar-refractivity contribution in [2.45, 2.75) is 13.8 Å². The summed E-state index contributed by atoms with van der Waals surface area (Å²) in [5.41, 5.74) is 5.43. The molecule has 0 spiro atoms. The van der Waals surface area contributed by atoms with E-state index in [1.54, 1.807) is 0 Å².